The molecule has 158 valence electrons. The van der Waals surface area contributed by atoms with Crippen LogP contribution in [0.5, 0.6) is 0 Å². The molecule has 1 aromatic heterocycles. The maximum absolute atomic E-state index is 13.0. The van der Waals surface area contributed by atoms with Crippen molar-refractivity contribution in [3.63, 3.8) is 0 Å². The highest BCUT2D eigenvalue weighted by molar-refractivity contribution is 6.02. The number of amides is 3. The summed E-state index contributed by atoms with van der Waals surface area (Å²) < 4.78 is 1.97. The van der Waals surface area contributed by atoms with Gasteiger partial charge in [0.1, 0.15) is 6.04 Å². The molecule has 4 rings (SSSR count). The third-order valence-corrected chi connectivity index (χ3v) is 5.64. The number of hydrogen-bond acceptors (Lipinski definition) is 4. The molecule has 0 bridgehead atoms. The molecule has 3 amide bonds. The number of fused-ring (bicyclic) bond motifs is 1. The molecule has 1 N–H and O–H groups in total. The molecule has 7 nitrogen and oxygen atoms in total. The Bertz CT molecular complexity index is 1140. The minimum absolute atomic E-state index is 0.186. The van der Waals surface area contributed by atoms with Gasteiger partial charge in [0.2, 0.25) is 12.3 Å². The zero-order chi connectivity index (χ0) is 22.0. The minimum Gasteiger partial charge on any atom is -0.333 e. The Morgan fingerprint density at radius 1 is 1.19 bits per heavy atom. The van der Waals surface area contributed by atoms with Gasteiger partial charge in [-0.2, -0.15) is 0 Å². The van der Waals surface area contributed by atoms with Crippen LogP contribution in [0.15, 0.2) is 54.9 Å². The van der Waals surface area contributed by atoms with Crippen LogP contribution in [0.2, 0.25) is 0 Å². The summed E-state index contributed by atoms with van der Waals surface area (Å²) in [6.07, 6.45) is 3.36. The molecular formula is C24H24N4O3. The molecule has 0 saturated carbocycles. The molecule has 1 unspecified atom stereocenters. The standard InChI is InChI=1S/C24H24N4O3/c1-3-7-20(23(30)26-15-29)28-13-18-12-17(10-11-19(18)24(28)31)22-21(25-14-27(22)2)16-8-5-4-6-9-16/h4-6,8-12,14-15,20H,3,7,13H2,1-2H3,(H,26,29,30). The maximum atomic E-state index is 13.0. The smallest absolute Gasteiger partial charge is 0.255 e. The van der Waals surface area contributed by atoms with E-state index < -0.39 is 11.9 Å². The number of carbonyl (C=O) groups is 3. The fourth-order valence-electron chi connectivity index (χ4n) is 4.18. The van der Waals surface area contributed by atoms with Crippen LogP contribution in [0.3, 0.4) is 0 Å². The normalized spacial score (nSPS) is 13.7. The number of imidazole rings is 1. The topological polar surface area (TPSA) is 84.3 Å². The molecule has 1 aliphatic rings. The third kappa shape index (κ3) is 3.74. The fraction of sp³-hybridized carbons (Fsp3) is 0.250. The number of rotatable bonds is 7. The Balaban J connectivity index is 1.70. The summed E-state index contributed by atoms with van der Waals surface area (Å²) >= 11 is 0. The number of aryl methyl sites for hydroxylation is 1. The quantitative estimate of drug-likeness (QED) is 0.600. The van der Waals surface area contributed by atoms with Gasteiger partial charge in [0.25, 0.3) is 5.91 Å². The summed E-state index contributed by atoms with van der Waals surface area (Å²) in [7, 11) is 1.94. The predicted molar refractivity (Wildman–Crippen MR) is 117 cm³/mol. The molecule has 31 heavy (non-hydrogen) atoms. The molecule has 7 heteroatoms. The van der Waals surface area contributed by atoms with Gasteiger partial charge < -0.3 is 9.47 Å². The molecule has 0 fully saturated rings. The first-order valence-corrected chi connectivity index (χ1v) is 10.3. The van der Waals surface area contributed by atoms with Gasteiger partial charge in [-0.3, -0.25) is 19.7 Å². The van der Waals surface area contributed by atoms with Crippen LogP contribution >= 0.6 is 0 Å². The van der Waals surface area contributed by atoms with E-state index in [4.69, 9.17) is 0 Å². The summed E-state index contributed by atoms with van der Waals surface area (Å²) in [5, 5.41) is 2.20. The lowest BCUT2D eigenvalue weighted by molar-refractivity contribution is -0.129. The molecule has 0 spiro atoms. The Hall–Kier alpha value is -3.74. The Labute approximate surface area is 180 Å². The summed E-state index contributed by atoms with van der Waals surface area (Å²) in [6.45, 7) is 2.28. The van der Waals surface area contributed by atoms with Crippen molar-refractivity contribution in [2.75, 3.05) is 0 Å². The van der Waals surface area contributed by atoms with E-state index in [1.54, 1.807) is 11.2 Å². The SMILES string of the molecule is CCCC(C(=O)NC=O)N1Cc2cc(-c3c(-c4ccccc4)ncn3C)ccc2C1=O. The zero-order valence-electron chi connectivity index (χ0n) is 17.5. The van der Waals surface area contributed by atoms with Crippen molar-refractivity contribution in [1.82, 2.24) is 19.8 Å². The second-order valence-electron chi connectivity index (χ2n) is 7.65. The largest absolute Gasteiger partial charge is 0.333 e. The monoisotopic (exact) mass is 416 g/mol. The lowest BCUT2D eigenvalue weighted by Crippen LogP contribution is -2.46. The maximum Gasteiger partial charge on any atom is 0.255 e. The second-order valence-corrected chi connectivity index (χ2v) is 7.65. The molecule has 2 heterocycles. The average Bonchev–Trinajstić information content (AvgIpc) is 3.32. The molecule has 1 atom stereocenters. The van der Waals surface area contributed by atoms with E-state index in [0.717, 1.165) is 34.5 Å². The highest BCUT2D eigenvalue weighted by atomic mass is 16.2. The van der Waals surface area contributed by atoms with E-state index in [-0.39, 0.29) is 5.91 Å². The van der Waals surface area contributed by atoms with Crippen LogP contribution in [0.4, 0.5) is 0 Å². The van der Waals surface area contributed by atoms with Crippen LogP contribution in [-0.2, 0) is 23.2 Å². The first kappa shape index (κ1) is 20.5. The molecule has 0 aliphatic carbocycles. The van der Waals surface area contributed by atoms with Gasteiger partial charge in [0.05, 0.1) is 17.7 Å². The average molecular weight is 416 g/mol. The van der Waals surface area contributed by atoms with Crippen molar-refractivity contribution >= 4 is 18.2 Å². The number of benzene rings is 2. The number of hydrogen-bond donors (Lipinski definition) is 1. The van der Waals surface area contributed by atoms with Crippen molar-refractivity contribution in [2.45, 2.75) is 32.4 Å². The zero-order valence-corrected chi connectivity index (χ0v) is 17.5. The summed E-state index contributed by atoms with van der Waals surface area (Å²) in [5.41, 5.74) is 5.26. The van der Waals surface area contributed by atoms with Crippen molar-refractivity contribution in [3.05, 3.63) is 66.0 Å². The number of nitrogens with one attached hydrogen (secondary N) is 1. The van der Waals surface area contributed by atoms with Crippen LogP contribution in [-0.4, -0.2) is 38.7 Å². The Morgan fingerprint density at radius 2 is 1.97 bits per heavy atom. The Kier molecular flexibility index (Phi) is 5.66. The third-order valence-electron chi connectivity index (χ3n) is 5.64. The lowest BCUT2D eigenvalue weighted by Gasteiger charge is -2.25. The second kappa shape index (κ2) is 8.55. The van der Waals surface area contributed by atoms with Crippen LogP contribution in [0.25, 0.3) is 22.5 Å². The number of imide groups is 1. The number of carbonyl (C=O) groups excluding carboxylic acids is 3. The van der Waals surface area contributed by atoms with Gasteiger partial charge in [-0.05, 0) is 24.1 Å². The number of aromatic nitrogens is 2. The minimum atomic E-state index is -0.671. The fourth-order valence-corrected chi connectivity index (χ4v) is 4.18. The van der Waals surface area contributed by atoms with E-state index in [1.807, 2.05) is 67.1 Å². The highest BCUT2D eigenvalue weighted by Crippen LogP contribution is 2.34. The summed E-state index contributed by atoms with van der Waals surface area (Å²) in [6, 6.07) is 15.0. The van der Waals surface area contributed by atoms with Gasteiger partial charge >= 0.3 is 0 Å². The van der Waals surface area contributed by atoms with Gasteiger partial charge in [-0.25, -0.2) is 4.98 Å². The predicted octanol–water partition coefficient (Wildman–Crippen LogP) is 3.15. The van der Waals surface area contributed by atoms with E-state index in [1.165, 1.54) is 0 Å². The van der Waals surface area contributed by atoms with Crippen molar-refractivity contribution in [3.8, 4) is 22.5 Å². The summed E-state index contributed by atoms with van der Waals surface area (Å²) in [5.74, 6) is -0.634. The van der Waals surface area contributed by atoms with Gasteiger partial charge in [0, 0.05) is 30.3 Å². The van der Waals surface area contributed by atoms with E-state index in [0.29, 0.717) is 24.9 Å². The van der Waals surface area contributed by atoms with Crippen LogP contribution in [0.1, 0.15) is 35.7 Å². The molecular weight excluding hydrogens is 392 g/mol. The van der Waals surface area contributed by atoms with Crippen LogP contribution in [0, 0.1) is 0 Å². The first-order valence-electron chi connectivity index (χ1n) is 10.3. The van der Waals surface area contributed by atoms with E-state index in [9.17, 15) is 14.4 Å². The Morgan fingerprint density at radius 3 is 2.68 bits per heavy atom. The lowest BCUT2D eigenvalue weighted by atomic mass is 10.0. The summed E-state index contributed by atoms with van der Waals surface area (Å²) in [4.78, 5) is 42.3. The van der Waals surface area contributed by atoms with Gasteiger partial charge in [-0.15, -0.1) is 0 Å². The first-order chi connectivity index (χ1) is 15.0. The molecule has 0 saturated heterocycles. The van der Waals surface area contributed by atoms with Gasteiger partial charge in [0.15, 0.2) is 0 Å². The number of nitrogens with zero attached hydrogens (tertiary/aromatic N) is 3. The van der Waals surface area contributed by atoms with Crippen LogP contribution < -0.4 is 5.32 Å². The molecule has 0 radical (unpaired) electrons. The van der Waals surface area contributed by atoms with Gasteiger partial charge in [-0.1, -0.05) is 49.7 Å². The highest BCUT2D eigenvalue weighted by Gasteiger charge is 2.36. The van der Waals surface area contributed by atoms with Crippen molar-refractivity contribution < 1.29 is 14.4 Å². The van der Waals surface area contributed by atoms with E-state index in [2.05, 4.69) is 10.3 Å². The van der Waals surface area contributed by atoms with Crippen molar-refractivity contribution in [1.29, 1.82) is 0 Å². The molecule has 3 aromatic rings. The van der Waals surface area contributed by atoms with Crippen molar-refractivity contribution in [2.24, 2.45) is 7.05 Å². The van der Waals surface area contributed by atoms with E-state index >= 15 is 0 Å². The molecule has 2 aromatic carbocycles. The molecule has 1 aliphatic heterocycles.